The molecule has 1 unspecified atom stereocenters. The van der Waals surface area contributed by atoms with Crippen molar-refractivity contribution in [3.63, 3.8) is 0 Å². The summed E-state index contributed by atoms with van der Waals surface area (Å²) in [6.45, 7) is 8.37. The first kappa shape index (κ1) is 17.6. The Morgan fingerprint density at radius 2 is 1.63 bits per heavy atom. The van der Waals surface area contributed by atoms with Crippen LogP contribution < -0.4 is 0 Å². The van der Waals surface area contributed by atoms with Gasteiger partial charge in [-0.25, -0.2) is 0 Å². The average Bonchev–Trinajstić information content (AvgIpc) is 2.34. The first-order valence-corrected chi connectivity index (χ1v) is 6.58. The van der Waals surface area contributed by atoms with E-state index in [2.05, 4.69) is 6.58 Å². The molecule has 0 rings (SSSR count). The fourth-order valence-corrected chi connectivity index (χ4v) is 1.74. The van der Waals surface area contributed by atoms with Crippen LogP contribution in [-0.2, 0) is 19.1 Å². The molecule has 110 valence electrons. The van der Waals surface area contributed by atoms with Crippen LogP contribution in [0.2, 0.25) is 0 Å². The summed E-state index contributed by atoms with van der Waals surface area (Å²) in [4.78, 5) is 25.8. The van der Waals surface area contributed by atoms with E-state index in [1.165, 1.54) is 0 Å². The van der Waals surface area contributed by atoms with Gasteiger partial charge in [-0.2, -0.15) is 0 Å². The molecule has 0 saturated carbocycles. The van der Waals surface area contributed by atoms with Crippen LogP contribution in [0.15, 0.2) is 12.7 Å². The van der Waals surface area contributed by atoms with Gasteiger partial charge in [0.1, 0.15) is 0 Å². The maximum atomic E-state index is 11.9. The van der Waals surface area contributed by atoms with E-state index < -0.39 is 17.9 Å². The van der Waals surface area contributed by atoms with Crippen LogP contribution >= 0.6 is 0 Å². The lowest BCUT2D eigenvalue weighted by Crippen LogP contribution is -2.35. The van der Waals surface area contributed by atoms with E-state index in [1.807, 2.05) is 19.0 Å². The van der Waals surface area contributed by atoms with E-state index in [0.29, 0.717) is 6.42 Å². The molecular weight excluding hydrogens is 246 g/mol. The van der Waals surface area contributed by atoms with Crippen LogP contribution in [0.3, 0.4) is 0 Å². The SMILES string of the molecule is C=CC(CCN(C)C)C(C(=O)OCC)C(=O)OCC. The minimum Gasteiger partial charge on any atom is -0.465 e. The summed E-state index contributed by atoms with van der Waals surface area (Å²) in [6, 6.07) is 0. The molecule has 0 aromatic carbocycles. The molecule has 0 spiro atoms. The maximum Gasteiger partial charge on any atom is 0.320 e. The van der Waals surface area contributed by atoms with Crippen molar-refractivity contribution < 1.29 is 19.1 Å². The second-order valence-electron chi connectivity index (χ2n) is 4.47. The first-order valence-electron chi connectivity index (χ1n) is 6.58. The lowest BCUT2D eigenvalue weighted by molar-refractivity contribution is -0.163. The predicted octanol–water partition coefficient (Wildman–Crippen LogP) is 1.48. The standard InChI is InChI=1S/C14H25NO4/c1-6-11(9-10-15(4)5)12(13(16)18-7-2)14(17)19-8-3/h6,11-12H,1,7-10H2,2-5H3. The first-order chi connectivity index (χ1) is 8.97. The van der Waals surface area contributed by atoms with E-state index in [1.54, 1.807) is 19.9 Å². The molecule has 0 aromatic heterocycles. The molecule has 0 aliphatic rings. The number of carbonyl (C=O) groups is 2. The molecule has 19 heavy (non-hydrogen) atoms. The monoisotopic (exact) mass is 271 g/mol. The Kier molecular flexibility index (Phi) is 8.87. The van der Waals surface area contributed by atoms with E-state index in [9.17, 15) is 9.59 Å². The number of rotatable bonds is 9. The average molecular weight is 271 g/mol. The highest BCUT2D eigenvalue weighted by molar-refractivity contribution is 5.95. The van der Waals surface area contributed by atoms with Crippen LogP contribution in [0.1, 0.15) is 20.3 Å². The zero-order valence-electron chi connectivity index (χ0n) is 12.3. The van der Waals surface area contributed by atoms with Crippen molar-refractivity contribution in [3.8, 4) is 0 Å². The summed E-state index contributed by atoms with van der Waals surface area (Å²) in [6.07, 6.45) is 2.28. The molecule has 0 amide bonds. The van der Waals surface area contributed by atoms with Crippen LogP contribution in [0, 0.1) is 11.8 Å². The highest BCUT2D eigenvalue weighted by Crippen LogP contribution is 2.21. The van der Waals surface area contributed by atoms with Crippen LogP contribution in [0.5, 0.6) is 0 Å². The van der Waals surface area contributed by atoms with Crippen molar-refractivity contribution in [1.29, 1.82) is 0 Å². The topological polar surface area (TPSA) is 55.8 Å². The second-order valence-corrected chi connectivity index (χ2v) is 4.47. The van der Waals surface area contributed by atoms with Gasteiger partial charge in [-0.3, -0.25) is 9.59 Å². The van der Waals surface area contributed by atoms with Crippen molar-refractivity contribution in [1.82, 2.24) is 4.90 Å². The van der Waals surface area contributed by atoms with Crippen molar-refractivity contribution in [3.05, 3.63) is 12.7 Å². The summed E-state index contributed by atoms with van der Waals surface area (Å²) in [5.41, 5.74) is 0. The predicted molar refractivity (Wildman–Crippen MR) is 73.6 cm³/mol. The van der Waals surface area contributed by atoms with Gasteiger partial charge in [0, 0.05) is 5.92 Å². The molecule has 0 radical (unpaired) electrons. The Morgan fingerprint density at radius 3 is 1.95 bits per heavy atom. The highest BCUT2D eigenvalue weighted by Gasteiger charge is 2.35. The summed E-state index contributed by atoms with van der Waals surface area (Å²) in [5.74, 6) is -2.27. The molecule has 0 saturated heterocycles. The smallest absolute Gasteiger partial charge is 0.320 e. The van der Waals surface area contributed by atoms with Crippen molar-refractivity contribution in [2.24, 2.45) is 11.8 Å². The van der Waals surface area contributed by atoms with E-state index in [4.69, 9.17) is 9.47 Å². The second kappa shape index (κ2) is 9.55. The van der Waals surface area contributed by atoms with E-state index in [-0.39, 0.29) is 19.1 Å². The van der Waals surface area contributed by atoms with Crippen LogP contribution in [0.4, 0.5) is 0 Å². The van der Waals surface area contributed by atoms with Crippen molar-refractivity contribution in [2.75, 3.05) is 33.9 Å². The van der Waals surface area contributed by atoms with E-state index >= 15 is 0 Å². The minimum absolute atomic E-state index is 0.242. The Bertz CT molecular complexity index is 284. The lowest BCUT2D eigenvalue weighted by Gasteiger charge is -2.22. The largest absolute Gasteiger partial charge is 0.465 e. The molecule has 0 heterocycles. The van der Waals surface area contributed by atoms with E-state index in [0.717, 1.165) is 6.54 Å². The third-order valence-corrected chi connectivity index (χ3v) is 2.72. The molecule has 0 N–H and O–H groups in total. The number of ether oxygens (including phenoxy) is 2. The van der Waals surface area contributed by atoms with Gasteiger partial charge in [0.05, 0.1) is 13.2 Å². The summed E-state index contributed by atoms with van der Waals surface area (Å²) < 4.78 is 9.92. The van der Waals surface area contributed by atoms with Gasteiger partial charge in [0.2, 0.25) is 0 Å². The summed E-state index contributed by atoms with van der Waals surface area (Å²) >= 11 is 0. The molecule has 0 aliphatic carbocycles. The third kappa shape index (κ3) is 6.38. The molecule has 0 aromatic rings. The van der Waals surface area contributed by atoms with Gasteiger partial charge in [-0.05, 0) is 40.9 Å². The van der Waals surface area contributed by atoms with Crippen molar-refractivity contribution in [2.45, 2.75) is 20.3 Å². The summed E-state index contributed by atoms with van der Waals surface area (Å²) in [5, 5.41) is 0. The molecule has 5 nitrogen and oxygen atoms in total. The minimum atomic E-state index is -0.919. The highest BCUT2D eigenvalue weighted by atomic mass is 16.6. The Labute approximate surface area is 115 Å². The quantitative estimate of drug-likeness (QED) is 0.361. The molecular formula is C14H25NO4. The fourth-order valence-electron chi connectivity index (χ4n) is 1.74. The number of carbonyl (C=O) groups excluding carboxylic acids is 2. The Hall–Kier alpha value is -1.36. The number of hydrogen-bond donors (Lipinski definition) is 0. The van der Waals surface area contributed by atoms with Gasteiger partial charge in [0.15, 0.2) is 5.92 Å². The van der Waals surface area contributed by atoms with Gasteiger partial charge in [-0.15, -0.1) is 6.58 Å². The van der Waals surface area contributed by atoms with Gasteiger partial charge in [0.25, 0.3) is 0 Å². The van der Waals surface area contributed by atoms with Gasteiger partial charge >= 0.3 is 11.9 Å². The fraction of sp³-hybridized carbons (Fsp3) is 0.714. The molecule has 0 bridgehead atoms. The summed E-state index contributed by atoms with van der Waals surface area (Å²) in [7, 11) is 3.87. The van der Waals surface area contributed by atoms with Gasteiger partial charge in [-0.1, -0.05) is 6.08 Å². The Morgan fingerprint density at radius 1 is 1.16 bits per heavy atom. The number of nitrogens with zero attached hydrogens (tertiary/aromatic N) is 1. The van der Waals surface area contributed by atoms with Crippen molar-refractivity contribution >= 4 is 11.9 Å². The Balaban J connectivity index is 4.89. The number of hydrogen-bond acceptors (Lipinski definition) is 5. The van der Waals surface area contributed by atoms with Crippen LogP contribution in [0.25, 0.3) is 0 Å². The lowest BCUT2D eigenvalue weighted by atomic mass is 9.89. The zero-order valence-corrected chi connectivity index (χ0v) is 12.3. The maximum absolute atomic E-state index is 11.9. The molecule has 1 atom stereocenters. The normalized spacial score (nSPS) is 12.3. The zero-order chi connectivity index (χ0) is 14.8. The molecule has 0 aliphatic heterocycles. The number of allylic oxidation sites excluding steroid dienone is 1. The third-order valence-electron chi connectivity index (χ3n) is 2.72. The number of esters is 2. The van der Waals surface area contributed by atoms with Crippen LogP contribution in [-0.4, -0.2) is 50.7 Å². The molecule has 0 fully saturated rings. The van der Waals surface area contributed by atoms with Gasteiger partial charge < -0.3 is 14.4 Å². The molecule has 5 heteroatoms.